The second-order valence-electron chi connectivity index (χ2n) is 7.16. The second kappa shape index (κ2) is 6.41. The molecule has 5 nitrogen and oxygen atoms in total. The Morgan fingerprint density at radius 3 is 1.92 bits per heavy atom. The van der Waals surface area contributed by atoms with E-state index < -0.39 is 11.8 Å². The van der Waals surface area contributed by atoms with Gasteiger partial charge in [0.25, 0.3) is 11.8 Å². The average molecular weight is 350 g/mol. The summed E-state index contributed by atoms with van der Waals surface area (Å²) >= 11 is 0. The molecule has 2 N–H and O–H groups in total. The van der Waals surface area contributed by atoms with Crippen LogP contribution in [0.15, 0.2) is 36.4 Å². The van der Waals surface area contributed by atoms with Crippen molar-refractivity contribution in [2.24, 2.45) is 5.73 Å². The molecule has 0 aliphatic carbocycles. The van der Waals surface area contributed by atoms with Crippen LogP contribution in [0.4, 0.5) is 5.69 Å². The Hall–Kier alpha value is -2.95. The molecule has 1 aliphatic heterocycles. The van der Waals surface area contributed by atoms with Gasteiger partial charge in [0.15, 0.2) is 0 Å². The quantitative estimate of drug-likeness (QED) is 0.851. The molecule has 0 radical (unpaired) electrons. The smallest absolute Gasteiger partial charge is 0.266 e. The van der Waals surface area contributed by atoms with Crippen LogP contribution in [0.3, 0.4) is 0 Å². The van der Waals surface area contributed by atoms with E-state index in [4.69, 9.17) is 5.73 Å². The lowest BCUT2D eigenvalue weighted by molar-refractivity contribution is 0.0924. The van der Waals surface area contributed by atoms with Gasteiger partial charge in [-0.2, -0.15) is 0 Å². The van der Waals surface area contributed by atoms with E-state index >= 15 is 0 Å². The van der Waals surface area contributed by atoms with Gasteiger partial charge in [-0.15, -0.1) is 0 Å². The van der Waals surface area contributed by atoms with Gasteiger partial charge < -0.3 is 5.73 Å². The minimum absolute atomic E-state index is 0.147. The minimum atomic E-state index is -0.628. The van der Waals surface area contributed by atoms with E-state index in [0.717, 1.165) is 11.1 Å². The maximum Gasteiger partial charge on any atom is 0.266 e. The summed E-state index contributed by atoms with van der Waals surface area (Å²) in [5.41, 5.74) is 8.60. The Balaban J connectivity index is 2.22. The molecule has 1 heterocycles. The largest absolute Gasteiger partial charge is 0.366 e. The monoisotopic (exact) mass is 350 g/mol. The molecule has 2 aromatic carbocycles. The van der Waals surface area contributed by atoms with E-state index in [1.807, 2.05) is 45.9 Å². The Bertz CT molecular complexity index is 903. The molecule has 3 amide bonds. The Morgan fingerprint density at radius 1 is 0.885 bits per heavy atom. The number of anilines is 1. The van der Waals surface area contributed by atoms with Crippen molar-refractivity contribution in [2.75, 3.05) is 4.90 Å². The molecule has 0 fully saturated rings. The summed E-state index contributed by atoms with van der Waals surface area (Å²) < 4.78 is 0. The van der Waals surface area contributed by atoms with Gasteiger partial charge in [-0.25, -0.2) is 4.90 Å². The van der Waals surface area contributed by atoms with Gasteiger partial charge in [0, 0.05) is 5.56 Å². The zero-order valence-electron chi connectivity index (χ0n) is 15.4. The predicted octanol–water partition coefficient (Wildman–Crippen LogP) is 3.83. The molecule has 3 rings (SSSR count). The lowest BCUT2D eigenvalue weighted by atomic mass is 9.92. The molecular formula is C21H22N2O3. The van der Waals surface area contributed by atoms with Crippen LogP contribution in [0.1, 0.15) is 81.7 Å². The summed E-state index contributed by atoms with van der Waals surface area (Å²) in [6.45, 7) is 8.14. The zero-order chi connectivity index (χ0) is 19.2. The molecule has 0 atom stereocenters. The van der Waals surface area contributed by atoms with E-state index in [0.29, 0.717) is 11.3 Å². The number of para-hydroxylation sites is 1. The molecule has 0 saturated heterocycles. The van der Waals surface area contributed by atoms with Crippen molar-refractivity contribution in [2.45, 2.75) is 39.5 Å². The number of benzene rings is 2. The van der Waals surface area contributed by atoms with Gasteiger partial charge in [0.1, 0.15) is 0 Å². The Labute approximate surface area is 152 Å². The van der Waals surface area contributed by atoms with E-state index in [9.17, 15) is 14.4 Å². The first-order valence-corrected chi connectivity index (χ1v) is 8.69. The first kappa shape index (κ1) is 17.9. The van der Waals surface area contributed by atoms with Crippen LogP contribution in [-0.4, -0.2) is 17.7 Å². The van der Waals surface area contributed by atoms with Crippen molar-refractivity contribution in [3.63, 3.8) is 0 Å². The lowest BCUT2D eigenvalue weighted by Crippen LogP contribution is -2.31. The molecule has 134 valence electrons. The lowest BCUT2D eigenvalue weighted by Gasteiger charge is -2.25. The SMILES string of the molecule is CC(C)c1cccc(C(C)C)c1N1C(=O)c2ccc(C(N)=O)cc2C1=O. The molecule has 26 heavy (non-hydrogen) atoms. The summed E-state index contributed by atoms with van der Waals surface area (Å²) in [6, 6.07) is 10.2. The van der Waals surface area contributed by atoms with Crippen LogP contribution in [-0.2, 0) is 0 Å². The summed E-state index contributed by atoms with van der Waals surface area (Å²) in [5, 5.41) is 0. The zero-order valence-corrected chi connectivity index (χ0v) is 15.4. The molecule has 0 spiro atoms. The van der Waals surface area contributed by atoms with Crippen LogP contribution < -0.4 is 10.6 Å². The number of nitrogens with zero attached hydrogens (tertiary/aromatic N) is 1. The fraction of sp³-hybridized carbons (Fsp3) is 0.286. The van der Waals surface area contributed by atoms with Gasteiger partial charge in [-0.3, -0.25) is 14.4 Å². The summed E-state index contributed by atoms with van der Waals surface area (Å²) in [4.78, 5) is 38.8. The molecule has 0 saturated carbocycles. The van der Waals surface area contributed by atoms with Gasteiger partial charge in [-0.05, 0) is 41.2 Å². The summed E-state index contributed by atoms with van der Waals surface area (Å²) in [5.74, 6) is -1.11. The fourth-order valence-electron chi connectivity index (χ4n) is 3.37. The maximum atomic E-state index is 13.1. The highest BCUT2D eigenvalue weighted by Crippen LogP contribution is 2.39. The van der Waals surface area contributed by atoms with Crippen molar-refractivity contribution in [1.82, 2.24) is 0 Å². The van der Waals surface area contributed by atoms with Gasteiger partial charge in [0.2, 0.25) is 5.91 Å². The van der Waals surface area contributed by atoms with Crippen LogP contribution in [0, 0.1) is 0 Å². The third-order valence-electron chi connectivity index (χ3n) is 4.74. The molecule has 5 heteroatoms. The number of imide groups is 1. The number of rotatable bonds is 4. The molecule has 2 aromatic rings. The standard InChI is InChI=1S/C21H22N2O3/c1-11(2)14-6-5-7-15(12(3)4)18(14)23-20(25)16-9-8-13(19(22)24)10-17(16)21(23)26/h5-12H,1-4H3,(H2,22,24). The summed E-state index contributed by atoms with van der Waals surface area (Å²) in [7, 11) is 0. The molecule has 0 bridgehead atoms. The van der Waals surface area contributed by atoms with Gasteiger partial charge in [-0.1, -0.05) is 45.9 Å². The van der Waals surface area contributed by atoms with Crippen molar-refractivity contribution in [3.8, 4) is 0 Å². The topological polar surface area (TPSA) is 80.5 Å². The van der Waals surface area contributed by atoms with Crippen molar-refractivity contribution in [3.05, 3.63) is 64.2 Å². The van der Waals surface area contributed by atoms with Crippen LogP contribution in [0.2, 0.25) is 0 Å². The highest BCUT2D eigenvalue weighted by Gasteiger charge is 2.39. The molecule has 0 aromatic heterocycles. The number of amides is 3. The van der Waals surface area contributed by atoms with Crippen molar-refractivity contribution >= 4 is 23.4 Å². The number of carbonyl (C=O) groups excluding carboxylic acids is 3. The number of hydrogen-bond acceptors (Lipinski definition) is 3. The Morgan fingerprint density at radius 2 is 1.42 bits per heavy atom. The highest BCUT2D eigenvalue weighted by molar-refractivity contribution is 6.35. The predicted molar refractivity (Wildman–Crippen MR) is 101 cm³/mol. The average Bonchev–Trinajstić information content (AvgIpc) is 2.84. The van der Waals surface area contributed by atoms with Gasteiger partial charge in [0.05, 0.1) is 16.8 Å². The molecule has 1 aliphatic rings. The Kier molecular flexibility index (Phi) is 4.40. The van der Waals surface area contributed by atoms with E-state index in [1.54, 1.807) is 0 Å². The van der Waals surface area contributed by atoms with Crippen LogP contribution in [0.25, 0.3) is 0 Å². The molecule has 0 unspecified atom stereocenters. The first-order valence-electron chi connectivity index (χ1n) is 8.69. The number of fused-ring (bicyclic) bond motifs is 1. The second-order valence-corrected chi connectivity index (χ2v) is 7.16. The molecular weight excluding hydrogens is 328 g/mol. The first-order chi connectivity index (χ1) is 12.2. The highest BCUT2D eigenvalue weighted by atomic mass is 16.2. The fourth-order valence-corrected chi connectivity index (χ4v) is 3.37. The van der Waals surface area contributed by atoms with Crippen molar-refractivity contribution in [1.29, 1.82) is 0 Å². The normalized spacial score (nSPS) is 13.7. The third-order valence-corrected chi connectivity index (χ3v) is 4.74. The van der Waals surface area contributed by atoms with E-state index in [-0.39, 0.29) is 28.9 Å². The number of nitrogens with two attached hydrogens (primary N) is 1. The van der Waals surface area contributed by atoms with Gasteiger partial charge >= 0.3 is 0 Å². The van der Waals surface area contributed by atoms with E-state index in [2.05, 4.69) is 0 Å². The third kappa shape index (κ3) is 2.69. The summed E-state index contributed by atoms with van der Waals surface area (Å²) in [6.07, 6.45) is 0. The van der Waals surface area contributed by atoms with E-state index in [1.165, 1.54) is 23.1 Å². The number of hydrogen-bond donors (Lipinski definition) is 1. The maximum absolute atomic E-state index is 13.1. The number of primary amides is 1. The number of carbonyl (C=O) groups is 3. The van der Waals surface area contributed by atoms with Crippen LogP contribution >= 0.6 is 0 Å². The van der Waals surface area contributed by atoms with Crippen molar-refractivity contribution < 1.29 is 14.4 Å². The minimum Gasteiger partial charge on any atom is -0.366 e. The van der Waals surface area contributed by atoms with Crippen LogP contribution in [0.5, 0.6) is 0 Å².